The second-order valence-electron chi connectivity index (χ2n) is 12.8. The maximum absolute atomic E-state index is 15.3. The average Bonchev–Trinajstić information content (AvgIpc) is 3.46. The van der Waals surface area contributed by atoms with E-state index in [-0.39, 0.29) is 45.8 Å². The lowest BCUT2D eigenvalue weighted by Crippen LogP contribution is -2.60. The number of rotatable bonds is 6. The Balaban J connectivity index is 1.43. The summed E-state index contributed by atoms with van der Waals surface area (Å²) < 4.78 is 73.5. The van der Waals surface area contributed by atoms with Crippen molar-refractivity contribution in [2.75, 3.05) is 9.80 Å². The number of para-hydroxylation sites is 1. The number of amides is 4. The van der Waals surface area contributed by atoms with Crippen LogP contribution in [0.4, 0.5) is 39.0 Å². The third-order valence-corrected chi connectivity index (χ3v) is 11.8. The molecule has 17 heteroatoms. The molecule has 6 atom stereocenters. The molecule has 3 aromatic carbocycles. The smallest absolute Gasteiger partial charge is 0.269 e. The van der Waals surface area contributed by atoms with Crippen LogP contribution in [-0.2, 0) is 25.6 Å². The third kappa shape index (κ3) is 4.47. The molecule has 268 valence electrons. The standard InChI is InChI=1S/C35H22Cl2F5N3O7/c1-2-4-14-5-3-6-19(29(14)46)22-17-11-12-18-21(31(48)43(30(18)47)15-7-9-16(10-8-15)45(51)52)20(17)13-34(36)32(49)44(33(50)35(22,34)37)28-26(41)24(39)23(38)25(40)27(28)42/h2-3,5-11,18,20-22,46H,1,4,12-13H2/t18-,20+,21-,22+,34+,35-/m0/s1. The minimum atomic E-state index is -2.81. The number of carbonyl (C=O) groups excluding carboxylic acids is 4. The highest BCUT2D eigenvalue weighted by molar-refractivity contribution is 6.58. The first-order chi connectivity index (χ1) is 24.5. The molecule has 0 unspecified atom stereocenters. The molecule has 2 aliphatic carbocycles. The normalized spacial score (nSPS) is 28.1. The number of nitro groups is 1. The fraction of sp³-hybridized carbons (Fsp3) is 0.257. The lowest BCUT2D eigenvalue weighted by Gasteiger charge is -2.50. The van der Waals surface area contributed by atoms with Gasteiger partial charge in [-0.25, -0.2) is 26.9 Å². The van der Waals surface area contributed by atoms with Crippen molar-refractivity contribution in [3.63, 3.8) is 0 Å². The van der Waals surface area contributed by atoms with Crippen molar-refractivity contribution >= 4 is 63.9 Å². The van der Waals surface area contributed by atoms with Crippen LogP contribution in [0.3, 0.4) is 0 Å². The molecule has 7 rings (SSSR count). The van der Waals surface area contributed by atoms with Gasteiger partial charge in [0.1, 0.15) is 11.4 Å². The van der Waals surface area contributed by atoms with E-state index in [9.17, 15) is 47.6 Å². The van der Waals surface area contributed by atoms with Crippen molar-refractivity contribution in [3.8, 4) is 5.75 Å². The molecule has 1 saturated carbocycles. The van der Waals surface area contributed by atoms with E-state index in [1.54, 1.807) is 0 Å². The van der Waals surface area contributed by atoms with Gasteiger partial charge in [-0.1, -0.05) is 35.9 Å². The molecule has 0 spiro atoms. The summed E-state index contributed by atoms with van der Waals surface area (Å²) >= 11 is 14.2. The van der Waals surface area contributed by atoms with Crippen LogP contribution in [0.5, 0.6) is 5.75 Å². The number of nitro benzene ring substituents is 1. The molecule has 3 aromatic rings. The first kappa shape index (κ1) is 35.3. The van der Waals surface area contributed by atoms with Crippen molar-refractivity contribution < 1.29 is 51.2 Å². The van der Waals surface area contributed by atoms with E-state index in [0.29, 0.717) is 0 Å². The number of fused-ring (bicyclic) bond motifs is 4. The van der Waals surface area contributed by atoms with E-state index in [4.69, 9.17) is 23.2 Å². The van der Waals surface area contributed by atoms with Crippen molar-refractivity contribution in [2.45, 2.75) is 34.9 Å². The van der Waals surface area contributed by atoms with Crippen molar-refractivity contribution in [1.82, 2.24) is 0 Å². The molecule has 0 radical (unpaired) electrons. The van der Waals surface area contributed by atoms with E-state index >= 15 is 8.78 Å². The Kier molecular flexibility index (Phi) is 8.10. The third-order valence-electron chi connectivity index (χ3n) is 10.4. The number of anilines is 2. The second-order valence-corrected chi connectivity index (χ2v) is 14.1. The van der Waals surface area contributed by atoms with E-state index in [0.717, 1.165) is 17.0 Å². The lowest BCUT2D eigenvalue weighted by atomic mass is 9.56. The van der Waals surface area contributed by atoms with E-state index in [2.05, 4.69) is 6.58 Å². The number of non-ortho nitro benzene ring substituents is 1. The minimum absolute atomic E-state index is 0.00411. The highest BCUT2D eigenvalue weighted by atomic mass is 35.5. The van der Waals surface area contributed by atoms with Gasteiger partial charge in [0.2, 0.25) is 17.6 Å². The number of hydrogen-bond acceptors (Lipinski definition) is 7. The Morgan fingerprint density at radius 1 is 0.885 bits per heavy atom. The topological polar surface area (TPSA) is 138 Å². The number of alkyl halides is 2. The molecule has 0 bridgehead atoms. The van der Waals surface area contributed by atoms with Gasteiger partial charge in [0.05, 0.1) is 22.4 Å². The fourth-order valence-corrected chi connectivity index (χ4v) is 8.98. The first-order valence-corrected chi connectivity index (χ1v) is 16.3. The number of phenolic OH excluding ortho intramolecular Hbond substituents is 1. The van der Waals surface area contributed by atoms with Crippen LogP contribution in [-0.4, -0.2) is 43.4 Å². The van der Waals surface area contributed by atoms with Crippen LogP contribution in [0.25, 0.3) is 0 Å². The fourth-order valence-electron chi connectivity index (χ4n) is 8.05. The van der Waals surface area contributed by atoms with Gasteiger partial charge in [-0.3, -0.25) is 34.2 Å². The van der Waals surface area contributed by atoms with Crippen molar-refractivity contribution in [3.05, 3.63) is 117 Å². The molecular formula is C35H22Cl2F5N3O7. The van der Waals surface area contributed by atoms with Gasteiger partial charge in [-0.15, -0.1) is 29.8 Å². The van der Waals surface area contributed by atoms with E-state index in [1.807, 2.05) is 0 Å². The number of aromatic hydroxyl groups is 1. The second kappa shape index (κ2) is 12.0. The molecular weight excluding hydrogens is 740 g/mol. The summed E-state index contributed by atoms with van der Waals surface area (Å²) in [5.74, 6) is -23.1. The number of halogens is 7. The molecule has 3 fully saturated rings. The van der Waals surface area contributed by atoms with Crippen LogP contribution in [0.15, 0.2) is 66.8 Å². The molecule has 52 heavy (non-hydrogen) atoms. The zero-order chi connectivity index (χ0) is 37.8. The SMILES string of the molecule is C=CCc1cccc([C@H]2C3=CC[C@@H]4C(=O)N(c5ccc([N+](=O)[O-])cc5)C(=O)[C@@H]4[C@@H]3C[C@@]3(Cl)C(=O)N(c4c(F)c(F)c(F)c(F)c4F)C(=O)[C@@]23Cl)c1O. The van der Waals surface area contributed by atoms with Crippen LogP contribution >= 0.6 is 23.2 Å². The average molecular weight is 762 g/mol. The quantitative estimate of drug-likeness (QED) is 0.0443. The highest BCUT2D eigenvalue weighted by Crippen LogP contribution is 2.67. The van der Waals surface area contributed by atoms with Crippen LogP contribution < -0.4 is 9.80 Å². The summed E-state index contributed by atoms with van der Waals surface area (Å²) in [6.45, 7) is 3.64. The Morgan fingerprint density at radius 2 is 1.50 bits per heavy atom. The Morgan fingerprint density at radius 3 is 2.10 bits per heavy atom. The predicted molar refractivity (Wildman–Crippen MR) is 174 cm³/mol. The van der Waals surface area contributed by atoms with Gasteiger partial charge >= 0.3 is 0 Å². The number of benzene rings is 3. The maximum Gasteiger partial charge on any atom is 0.269 e. The maximum atomic E-state index is 15.3. The number of allylic oxidation sites excluding steroid dienone is 3. The van der Waals surface area contributed by atoms with Gasteiger partial charge in [-0.2, -0.15) is 0 Å². The van der Waals surface area contributed by atoms with Crippen molar-refractivity contribution in [2.24, 2.45) is 17.8 Å². The minimum Gasteiger partial charge on any atom is -0.507 e. The van der Waals surface area contributed by atoms with Crippen LogP contribution in [0, 0.1) is 57.0 Å². The molecule has 2 heterocycles. The number of imide groups is 2. The van der Waals surface area contributed by atoms with Crippen molar-refractivity contribution in [1.29, 1.82) is 0 Å². The number of nitrogens with zero attached hydrogens (tertiary/aromatic N) is 3. The van der Waals surface area contributed by atoms with E-state index in [1.165, 1.54) is 42.5 Å². The van der Waals surface area contributed by atoms with Gasteiger partial charge in [0, 0.05) is 23.6 Å². The van der Waals surface area contributed by atoms with Crippen LogP contribution in [0.1, 0.15) is 29.9 Å². The first-order valence-electron chi connectivity index (χ1n) is 15.5. The zero-order valence-electron chi connectivity index (χ0n) is 26.2. The molecule has 1 N–H and O–H groups in total. The molecule has 10 nitrogen and oxygen atoms in total. The number of phenols is 1. The van der Waals surface area contributed by atoms with Gasteiger partial charge in [0.15, 0.2) is 33.0 Å². The summed E-state index contributed by atoms with van der Waals surface area (Å²) in [5.41, 5.74) is -1.97. The Hall–Kier alpha value is -5.15. The predicted octanol–water partition coefficient (Wildman–Crippen LogP) is 6.49. The summed E-state index contributed by atoms with van der Waals surface area (Å²) in [5, 5.41) is 22.7. The molecule has 4 aliphatic rings. The summed E-state index contributed by atoms with van der Waals surface area (Å²) in [6.07, 6.45) is 2.14. The van der Waals surface area contributed by atoms with Crippen LogP contribution in [0.2, 0.25) is 0 Å². The zero-order valence-corrected chi connectivity index (χ0v) is 27.7. The highest BCUT2D eigenvalue weighted by Gasteiger charge is 2.77. The summed E-state index contributed by atoms with van der Waals surface area (Å²) in [7, 11) is 0. The number of carbonyl (C=O) groups is 4. The molecule has 0 aromatic heterocycles. The van der Waals surface area contributed by atoms with Gasteiger partial charge in [-0.05, 0) is 42.9 Å². The summed E-state index contributed by atoms with van der Waals surface area (Å²) in [4.78, 5) is 62.2. The molecule has 4 amide bonds. The largest absolute Gasteiger partial charge is 0.507 e. The van der Waals surface area contributed by atoms with Gasteiger partial charge in [0.25, 0.3) is 17.5 Å². The molecule has 2 aliphatic heterocycles. The molecule has 2 saturated heterocycles. The van der Waals surface area contributed by atoms with E-state index < -0.39 is 109 Å². The van der Waals surface area contributed by atoms with Gasteiger partial charge < -0.3 is 5.11 Å². The monoisotopic (exact) mass is 761 g/mol. The lowest BCUT2D eigenvalue weighted by molar-refractivity contribution is -0.384. The Labute approximate surface area is 299 Å². The Bertz CT molecular complexity index is 2190. The summed E-state index contributed by atoms with van der Waals surface area (Å²) in [6, 6.07) is 8.86. The number of hydrogen-bond donors (Lipinski definition) is 1.